The van der Waals surface area contributed by atoms with Crippen molar-refractivity contribution in [3.63, 3.8) is 0 Å². The molecule has 1 rings (SSSR count). The van der Waals surface area contributed by atoms with E-state index in [1.165, 1.54) is 0 Å². The molecule has 1 aromatic rings. The van der Waals surface area contributed by atoms with Gasteiger partial charge in [-0.2, -0.15) is 0 Å². The van der Waals surface area contributed by atoms with Gasteiger partial charge in [0.15, 0.2) is 0 Å². The third-order valence-corrected chi connectivity index (χ3v) is 1.38. The van der Waals surface area contributed by atoms with Crippen molar-refractivity contribution < 1.29 is 23.0 Å². The average molecular weight is 208 g/mol. The molecule has 0 spiro atoms. The summed E-state index contributed by atoms with van der Waals surface area (Å²) in [7, 11) is 0. The first-order valence-electron chi connectivity index (χ1n) is 3.56. The lowest BCUT2D eigenvalue weighted by atomic mass is 10.2. The Labute approximate surface area is 77.1 Å². The molecule has 78 valence electrons. The second-order valence-corrected chi connectivity index (χ2v) is 2.40. The van der Waals surface area contributed by atoms with Gasteiger partial charge in [-0.25, -0.2) is 4.98 Å². The molecule has 14 heavy (non-hydrogen) atoms. The lowest BCUT2D eigenvalue weighted by molar-refractivity contribution is -0.276. The number of pyridine rings is 1. The molecule has 0 fully saturated rings. The molecule has 0 radical (unpaired) electrons. The van der Waals surface area contributed by atoms with Crippen LogP contribution in [0.15, 0.2) is 12.3 Å². The number of aromatic nitrogens is 1. The smallest absolute Gasteiger partial charge is 0.506 e. The number of halogens is 3. The number of hydrogen-bond donors (Lipinski definition) is 2. The van der Waals surface area contributed by atoms with E-state index in [2.05, 4.69) is 9.72 Å². The number of nitrogens with zero attached hydrogens (tertiary/aromatic N) is 1. The summed E-state index contributed by atoms with van der Waals surface area (Å²) < 4.78 is 38.7. The van der Waals surface area contributed by atoms with E-state index < -0.39 is 12.2 Å². The number of aromatic hydroxyl groups is 1. The number of rotatable bonds is 2. The zero-order chi connectivity index (χ0) is 10.8. The van der Waals surface area contributed by atoms with Gasteiger partial charge in [0.25, 0.3) is 0 Å². The Bertz CT molecular complexity index is 327. The van der Waals surface area contributed by atoms with Crippen LogP contribution in [-0.2, 0) is 6.54 Å². The van der Waals surface area contributed by atoms with Crippen LogP contribution >= 0.6 is 0 Å². The summed E-state index contributed by atoms with van der Waals surface area (Å²) in [6.45, 7) is -0.0947. The molecule has 1 heterocycles. The monoisotopic (exact) mass is 208 g/mol. The standard InChI is InChI=1S/C7H7F3N2O2/c8-7(9,10)14-6-1-4(2-11)5(13)3-12-6/h1,3,13H,2,11H2. The van der Waals surface area contributed by atoms with Crippen LogP contribution in [0.25, 0.3) is 0 Å². The molecule has 0 aromatic carbocycles. The minimum atomic E-state index is -4.80. The highest BCUT2D eigenvalue weighted by atomic mass is 19.4. The zero-order valence-electron chi connectivity index (χ0n) is 6.88. The molecule has 0 aliphatic carbocycles. The molecule has 3 N–H and O–H groups in total. The summed E-state index contributed by atoms with van der Waals surface area (Å²) in [6.07, 6.45) is -3.95. The molecule has 0 amide bonds. The first-order valence-corrected chi connectivity index (χ1v) is 3.56. The van der Waals surface area contributed by atoms with Gasteiger partial charge in [0.1, 0.15) is 5.75 Å². The molecule has 0 saturated heterocycles. The number of ether oxygens (including phenoxy) is 1. The van der Waals surface area contributed by atoms with Crippen molar-refractivity contribution >= 4 is 0 Å². The van der Waals surface area contributed by atoms with Crippen molar-refractivity contribution in [3.8, 4) is 11.6 Å². The molecule has 0 aliphatic rings. The predicted molar refractivity (Wildman–Crippen MR) is 40.5 cm³/mol. The first kappa shape index (κ1) is 10.6. The third-order valence-electron chi connectivity index (χ3n) is 1.38. The van der Waals surface area contributed by atoms with E-state index in [0.29, 0.717) is 0 Å². The van der Waals surface area contributed by atoms with Crippen molar-refractivity contribution in [3.05, 3.63) is 17.8 Å². The molecule has 0 aliphatic heterocycles. The van der Waals surface area contributed by atoms with Gasteiger partial charge in [-0.3, -0.25) is 0 Å². The molecular formula is C7H7F3N2O2. The van der Waals surface area contributed by atoms with Gasteiger partial charge in [-0.1, -0.05) is 0 Å². The van der Waals surface area contributed by atoms with E-state index in [-0.39, 0.29) is 17.9 Å². The number of alkyl halides is 3. The van der Waals surface area contributed by atoms with Crippen LogP contribution in [0.4, 0.5) is 13.2 Å². The maximum Gasteiger partial charge on any atom is 0.574 e. The van der Waals surface area contributed by atoms with Crippen LogP contribution in [0.2, 0.25) is 0 Å². The van der Waals surface area contributed by atoms with Crippen LogP contribution in [0, 0.1) is 0 Å². The normalized spacial score (nSPS) is 11.4. The fourth-order valence-corrected chi connectivity index (χ4v) is 0.806. The maximum absolute atomic E-state index is 11.7. The molecule has 7 heteroatoms. The van der Waals surface area contributed by atoms with Gasteiger partial charge in [-0.15, -0.1) is 13.2 Å². The SMILES string of the molecule is NCc1cc(OC(F)(F)F)ncc1O. The van der Waals surface area contributed by atoms with E-state index in [9.17, 15) is 13.2 Å². The summed E-state index contributed by atoms with van der Waals surface area (Å²) in [6, 6.07) is 0.933. The average Bonchev–Trinajstić information content (AvgIpc) is 2.06. The molecule has 4 nitrogen and oxygen atoms in total. The van der Waals surface area contributed by atoms with E-state index in [1.54, 1.807) is 0 Å². The Hall–Kier alpha value is -1.50. The lowest BCUT2D eigenvalue weighted by Gasteiger charge is -2.09. The topological polar surface area (TPSA) is 68.4 Å². The molecule has 0 atom stereocenters. The fourth-order valence-electron chi connectivity index (χ4n) is 0.806. The van der Waals surface area contributed by atoms with E-state index >= 15 is 0 Å². The van der Waals surface area contributed by atoms with Gasteiger partial charge in [0.2, 0.25) is 5.88 Å². The highest BCUT2D eigenvalue weighted by Gasteiger charge is 2.31. The van der Waals surface area contributed by atoms with E-state index in [4.69, 9.17) is 10.8 Å². The van der Waals surface area contributed by atoms with Crippen molar-refractivity contribution in [1.82, 2.24) is 4.98 Å². The molecule has 1 aromatic heterocycles. The summed E-state index contributed by atoms with van der Waals surface area (Å²) in [5.41, 5.74) is 5.30. The van der Waals surface area contributed by atoms with Crippen molar-refractivity contribution in [2.75, 3.05) is 0 Å². The molecule has 0 bridgehead atoms. The van der Waals surface area contributed by atoms with Crippen molar-refractivity contribution in [2.24, 2.45) is 5.73 Å². The minimum Gasteiger partial charge on any atom is -0.506 e. The Morgan fingerprint density at radius 3 is 2.64 bits per heavy atom. The summed E-state index contributed by atoms with van der Waals surface area (Å²) in [4.78, 5) is 3.22. The van der Waals surface area contributed by atoms with Gasteiger partial charge in [-0.05, 0) is 0 Å². The highest BCUT2D eigenvalue weighted by Crippen LogP contribution is 2.24. The Kier molecular flexibility index (Phi) is 2.80. The van der Waals surface area contributed by atoms with E-state index in [0.717, 1.165) is 12.3 Å². The van der Waals surface area contributed by atoms with Gasteiger partial charge in [0, 0.05) is 18.2 Å². The van der Waals surface area contributed by atoms with Crippen molar-refractivity contribution in [2.45, 2.75) is 12.9 Å². The van der Waals surface area contributed by atoms with Crippen LogP contribution in [-0.4, -0.2) is 16.5 Å². The van der Waals surface area contributed by atoms with Gasteiger partial charge in [0.05, 0.1) is 6.20 Å². The number of nitrogens with two attached hydrogens (primary N) is 1. The quantitative estimate of drug-likeness (QED) is 0.764. The maximum atomic E-state index is 11.7. The highest BCUT2D eigenvalue weighted by molar-refractivity contribution is 5.33. The second-order valence-electron chi connectivity index (χ2n) is 2.40. The molecule has 0 saturated carbocycles. The Morgan fingerprint density at radius 2 is 2.14 bits per heavy atom. The lowest BCUT2D eigenvalue weighted by Crippen LogP contribution is -2.18. The molecular weight excluding hydrogens is 201 g/mol. The first-order chi connectivity index (χ1) is 6.42. The second kappa shape index (κ2) is 3.70. The summed E-state index contributed by atoms with van der Waals surface area (Å²) in [5.74, 6) is -0.905. The zero-order valence-corrected chi connectivity index (χ0v) is 6.88. The minimum absolute atomic E-state index is 0.0947. The van der Waals surface area contributed by atoms with Crippen LogP contribution in [0.1, 0.15) is 5.56 Å². The van der Waals surface area contributed by atoms with Crippen LogP contribution in [0.3, 0.4) is 0 Å². The fraction of sp³-hybridized carbons (Fsp3) is 0.286. The van der Waals surface area contributed by atoms with Crippen LogP contribution < -0.4 is 10.5 Å². The predicted octanol–water partition coefficient (Wildman–Crippen LogP) is 1.14. The summed E-state index contributed by atoms with van der Waals surface area (Å²) in [5, 5.41) is 9.05. The van der Waals surface area contributed by atoms with E-state index in [1.807, 2.05) is 0 Å². The van der Waals surface area contributed by atoms with Gasteiger partial charge >= 0.3 is 6.36 Å². The Balaban J connectivity index is 2.90. The molecule has 0 unspecified atom stereocenters. The van der Waals surface area contributed by atoms with Crippen LogP contribution in [0.5, 0.6) is 11.6 Å². The largest absolute Gasteiger partial charge is 0.574 e. The van der Waals surface area contributed by atoms with Gasteiger partial charge < -0.3 is 15.6 Å². The Morgan fingerprint density at radius 1 is 1.50 bits per heavy atom. The third kappa shape index (κ3) is 2.77. The summed E-state index contributed by atoms with van der Waals surface area (Å²) >= 11 is 0. The van der Waals surface area contributed by atoms with Crippen molar-refractivity contribution in [1.29, 1.82) is 0 Å². The number of hydrogen-bond acceptors (Lipinski definition) is 4.